The van der Waals surface area contributed by atoms with E-state index < -0.39 is 11.8 Å². The molecule has 0 aliphatic heterocycles. The molecule has 0 atom stereocenters. The lowest BCUT2D eigenvalue weighted by Crippen LogP contribution is -2.43. The highest BCUT2D eigenvalue weighted by molar-refractivity contribution is 6.35. The number of benzene rings is 1. The first kappa shape index (κ1) is 20.2. The van der Waals surface area contributed by atoms with Crippen molar-refractivity contribution in [1.29, 1.82) is 0 Å². The van der Waals surface area contributed by atoms with Gasteiger partial charge in [-0.1, -0.05) is 57.0 Å². The Balaban J connectivity index is 2.26. The first-order valence-corrected chi connectivity index (χ1v) is 8.99. The van der Waals surface area contributed by atoms with Crippen molar-refractivity contribution in [1.82, 2.24) is 15.5 Å². The molecule has 0 fully saturated rings. The number of nitrogens with zero attached hydrogens (tertiary/aromatic N) is 1. The number of nitrogens with one attached hydrogen (secondary N) is 2. The number of unbranched alkanes of at least 4 members (excludes halogenated alkanes) is 2. The normalized spacial score (nSPS) is 10.6. The predicted molar refractivity (Wildman–Crippen MR) is 97.6 cm³/mol. The summed E-state index contributed by atoms with van der Waals surface area (Å²) in [6, 6.07) is 9.56. The van der Waals surface area contributed by atoms with E-state index in [9.17, 15) is 9.59 Å². The molecule has 0 aliphatic carbocycles. The van der Waals surface area contributed by atoms with Gasteiger partial charge >= 0.3 is 11.8 Å². The molecule has 24 heavy (non-hydrogen) atoms. The van der Waals surface area contributed by atoms with Crippen molar-refractivity contribution in [3.63, 3.8) is 0 Å². The van der Waals surface area contributed by atoms with Gasteiger partial charge in [-0.15, -0.1) is 0 Å². The Labute approximate surface area is 145 Å². The highest BCUT2D eigenvalue weighted by Gasteiger charge is 2.13. The number of carbonyl (C=O) groups is 2. The first-order valence-electron chi connectivity index (χ1n) is 8.99. The van der Waals surface area contributed by atoms with Gasteiger partial charge in [0.1, 0.15) is 0 Å². The van der Waals surface area contributed by atoms with Gasteiger partial charge in [0.2, 0.25) is 0 Å². The van der Waals surface area contributed by atoms with Crippen LogP contribution in [0.25, 0.3) is 0 Å². The minimum atomic E-state index is -0.576. The lowest BCUT2D eigenvalue weighted by Gasteiger charge is -2.21. The fourth-order valence-corrected chi connectivity index (χ4v) is 2.37. The van der Waals surface area contributed by atoms with E-state index in [1.165, 1.54) is 0 Å². The zero-order valence-electron chi connectivity index (χ0n) is 15.0. The fraction of sp³-hybridized carbons (Fsp3) is 0.579. The SMILES string of the molecule is CCCCN(CCCC)CCNC(=O)C(=O)NCc1ccccc1. The number of hydrogen-bond donors (Lipinski definition) is 2. The summed E-state index contributed by atoms with van der Waals surface area (Å²) < 4.78 is 0. The summed E-state index contributed by atoms with van der Waals surface area (Å²) in [4.78, 5) is 26.0. The Hall–Kier alpha value is -1.88. The van der Waals surface area contributed by atoms with E-state index in [0.717, 1.165) is 50.9 Å². The molecule has 2 amide bonds. The third kappa shape index (κ3) is 8.67. The number of rotatable bonds is 11. The average molecular weight is 333 g/mol. The highest BCUT2D eigenvalue weighted by atomic mass is 16.2. The molecule has 2 N–H and O–H groups in total. The van der Waals surface area contributed by atoms with Crippen LogP contribution in [0.3, 0.4) is 0 Å². The summed E-state index contributed by atoms with van der Waals surface area (Å²) in [5, 5.41) is 5.35. The first-order chi connectivity index (χ1) is 11.7. The third-order valence-corrected chi connectivity index (χ3v) is 3.87. The molecule has 1 aromatic rings. The van der Waals surface area contributed by atoms with Gasteiger partial charge in [-0.05, 0) is 31.5 Å². The summed E-state index contributed by atoms with van der Waals surface area (Å²) in [5.41, 5.74) is 0.976. The van der Waals surface area contributed by atoms with Crippen molar-refractivity contribution >= 4 is 11.8 Å². The van der Waals surface area contributed by atoms with E-state index >= 15 is 0 Å². The Morgan fingerprint density at radius 2 is 1.46 bits per heavy atom. The summed E-state index contributed by atoms with van der Waals surface area (Å²) >= 11 is 0. The molecule has 0 aliphatic rings. The molecule has 0 saturated carbocycles. The molecule has 0 radical (unpaired) electrons. The molecule has 5 heteroatoms. The van der Waals surface area contributed by atoms with Crippen LogP contribution >= 0.6 is 0 Å². The fourth-order valence-electron chi connectivity index (χ4n) is 2.37. The maximum atomic E-state index is 11.8. The van der Waals surface area contributed by atoms with Gasteiger partial charge in [0.15, 0.2) is 0 Å². The van der Waals surface area contributed by atoms with Crippen LogP contribution in [0.5, 0.6) is 0 Å². The largest absolute Gasteiger partial charge is 0.347 e. The Morgan fingerprint density at radius 3 is 2.04 bits per heavy atom. The van der Waals surface area contributed by atoms with Gasteiger partial charge in [-0.3, -0.25) is 9.59 Å². The molecule has 1 rings (SSSR count). The predicted octanol–water partition coefficient (Wildman–Crippen LogP) is 2.32. The Morgan fingerprint density at radius 1 is 0.875 bits per heavy atom. The second-order valence-corrected chi connectivity index (χ2v) is 5.97. The highest BCUT2D eigenvalue weighted by Crippen LogP contribution is 1.99. The van der Waals surface area contributed by atoms with Gasteiger partial charge in [0, 0.05) is 19.6 Å². The van der Waals surface area contributed by atoms with Crippen LogP contribution in [0.1, 0.15) is 45.1 Å². The van der Waals surface area contributed by atoms with E-state index in [1.54, 1.807) is 0 Å². The van der Waals surface area contributed by atoms with Gasteiger partial charge in [0.25, 0.3) is 0 Å². The molecule has 0 aromatic heterocycles. The van der Waals surface area contributed by atoms with Crippen LogP contribution in [0.2, 0.25) is 0 Å². The van der Waals surface area contributed by atoms with Crippen LogP contribution in [0.4, 0.5) is 0 Å². The molecule has 0 unspecified atom stereocenters. The quantitative estimate of drug-likeness (QED) is 0.611. The zero-order chi connectivity index (χ0) is 17.6. The average Bonchev–Trinajstić information content (AvgIpc) is 2.62. The number of amides is 2. The van der Waals surface area contributed by atoms with E-state index in [4.69, 9.17) is 0 Å². The van der Waals surface area contributed by atoms with E-state index in [1.807, 2.05) is 30.3 Å². The molecule has 0 spiro atoms. The molecule has 134 valence electrons. The second-order valence-electron chi connectivity index (χ2n) is 5.97. The lowest BCUT2D eigenvalue weighted by molar-refractivity contribution is -0.139. The minimum Gasteiger partial charge on any atom is -0.347 e. The van der Waals surface area contributed by atoms with E-state index in [2.05, 4.69) is 29.4 Å². The molecular formula is C19H31N3O2. The van der Waals surface area contributed by atoms with Gasteiger partial charge in [-0.2, -0.15) is 0 Å². The van der Waals surface area contributed by atoms with Crippen molar-refractivity contribution in [2.45, 2.75) is 46.1 Å². The molecule has 0 heterocycles. The van der Waals surface area contributed by atoms with Crippen molar-refractivity contribution < 1.29 is 9.59 Å². The summed E-state index contributed by atoms with van der Waals surface area (Å²) in [7, 11) is 0. The molecular weight excluding hydrogens is 302 g/mol. The monoisotopic (exact) mass is 333 g/mol. The molecule has 0 bridgehead atoms. The molecule has 5 nitrogen and oxygen atoms in total. The third-order valence-electron chi connectivity index (χ3n) is 3.87. The maximum absolute atomic E-state index is 11.8. The van der Waals surface area contributed by atoms with Gasteiger partial charge in [-0.25, -0.2) is 0 Å². The van der Waals surface area contributed by atoms with Crippen LogP contribution < -0.4 is 10.6 Å². The standard InChI is InChI=1S/C19H31N3O2/c1-3-5-13-22(14-6-4-2)15-12-20-18(23)19(24)21-16-17-10-8-7-9-11-17/h7-11H,3-6,12-16H2,1-2H3,(H,20,23)(H,21,24). The zero-order valence-corrected chi connectivity index (χ0v) is 15.0. The van der Waals surface area contributed by atoms with Crippen molar-refractivity contribution in [3.8, 4) is 0 Å². The summed E-state index contributed by atoms with van der Waals surface area (Å²) in [5.74, 6) is -1.13. The van der Waals surface area contributed by atoms with Crippen LogP contribution in [-0.2, 0) is 16.1 Å². The van der Waals surface area contributed by atoms with E-state index in [0.29, 0.717) is 13.1 Å². The number of carbonyl (C=O) groups excluding carboxylic acids is 2. The van der Waals surface area contributed by atoms with Crippen LogP contribution in [0, 0.1) is 0 Å². The van der Waals surface area contributed by atoms with Crippen LogP contribution in [-0.4, -0.2) is 42.9 Å². The second kappa shape index (κ2) is 12.5. The lowest BCUT2D eigenvalue weighted by atomic mass is 10.2. The van der Waals surface area contributed by atoms with Crippen molar-refractivity contribution in [2.24, 2.45) is 0 Å². The minimum absolute atomic E-state index is 0.367. The Kier molecular flexibility index (Phi) is 10.5. The molecule has 0 saturated heterocycles. The van der Waals surface area contributed by atoms with Gasteiger partial charge < -0.3 is 15.5 Å². The topological polar surface area (TPSA) is 61.4 Å². The summed E-state index contributed by atoms with van der Waals surface area (Å²) in [6.07, 6.45) is 4.65. The van der Waals surface area contributed by atoms with Gasteiger partial charge in [0.05, 0.1) is 0 Å². The smallest absolute Gasteiger partial charge is 0.309 e. The van der Waals surface area contributed by atoms with Crippen molar-refractivity contribution in [2.75, 3.05) is 26.2 Å². The number of hydrogen-bond acceptors (Lipinski definition) is 3. The van der Waals surface area contributed by atoms with Crippen LogP contribution in [0.15, 0.2) is 30.3 Å². The maximum Gasteiger partial charge on any atom is 0.309 e. The molecule has 1 aromatic carbocycles. The summed E-state index contributed by atoms with van der Waals surface area (Å²) in [6.45, 7) is 8.11. The van der Waals surface area contributed by atoms with E-state index in [-0.39, 0.29) is 0 Å². The Bertz CT molecular complexity index is 469. The van der Waals surface area contributed by atoms with Crippen molar-refractivity contribution in [3.05, 3.63) is 35.9 Å².